The molecule has 5 aliphatic rings. The summed E-state index contributed by atoms with van der Waals surface area (Å²) in [5.74, 6) is 0.431. The Bertz CT molecular complexity index is 3160. The van der Waals surface area contributed by atoms with Gasteiger partial charge in [-0.1, -0.05) is 170 Å². The molecule has 13 rings (SSSR count). The van der Waals surface area contributed by atoms with Crippen molar-refractivity contribution in [2.75, 3.05) is 4.81 Å². The largest absolute Gasteiger partial charge is 0.442 e. The molecule has 7 aromatic carbocycles. The van der Waals surface area contributed by atoms with Gasteiger partial charge in [-0.15, -0.1) is 0 Å². The Kier molecular flexibility index (Phi) is 7.93. The molecule has 3 aliphatic carbocycles. The van der Waals surface area contributed by atoms with E-state index in [0.29, 0.717) is 11.8 Å². The van der Waals surface area contributed by atoms with Gasteiger partial charge >= 0.3 is 6.98 Å². The number of aromatic nitrogens is 2. The topological polar surface area (TPSA) is 30.2 Å². The third-order valence-corrected chi connectivity index (χ3v) is 14.4. The highest BCUT2D eigenvalue weighted by molar-refractivity contribution is 6.81. The molecule has 2 bridgehead atoms. The van der Waals surface area contributed by atoms with Gasteiger partial charge in [-0.2, -0.15) is 0 Å². The van der Waals surface area contributed by atoms with Crippen LogP contribution in [0, 0.1) is 0 Å². The molecule has 0 saturated heterocycles. The van der Waals surface area contributed by atoms with Crippen molar-refractivity contribution in [1.82, 2.24) is 9.27 Å². The van der Waals surface area contributed by atoms with Gasteiger partial charge in [-0.05, 0) is 109 Å². The summed E-state index contributed by atoms with van der Waals surface area (Å²) in [6.07, 6.45) is 0. The summed E-state index contributed by atoms with van der Waals surface area (Å²) in [7, 11) is 0. The predicted octanol–water partition coefficient (Wildman–Crippen LogP) is 12.9. The fourth-order valence-corrected chi connectivity index (χ4v) is 11.6. The Morgan fingerprint density at radius 2 is 1.11 bits per heavy atom. The number of hydrogen-bond donors (Lipinski definition) is 0. The quantitative estimate of drug-likeness (QED) is 0.162. The van der Waals surface area contributed by atoms with Crippen molar-refractivity contribution >= 4 is 23.8 Å². The normalized spacial score (nSPS) is 16.3. The monoisotopic (exact) mass is 803 g/mol. The molecule has 0 spiro atoms. The molecule has 8 aromatic rings. The lowest BCUT2D eigenvalue weighted by atomic mass is 9.58. The lowest BCUT2D eigenvalue weighted by molar-refractivity contribution is 0.590. The van der Waals surface area contributed by atoms with E-state index in [1.54, 1.807) is 0 Å². The second-order valence-electron chi connectivity index (χ2n) is 19.6. The summed E-state index contributed by atoms with van der Waals surface area (Å²) in [5.41, 5.74) is 22.8. The highest BCUT2D eigenvalue weighted by atomic mass is 16.1. The van der Waals surface area contributed by atoms with Crippen LogP contribution < -0.4 is 15.8 Å². The number of para-hydroxylation sites is 1. The molecule has 0 radical (unpaired) electrons. The molecule has 0 saturated carbocycles. The van der Waals surface area contributed by atoms with E-state index in [2.05, 4.69) is 214 Å². The Balaban J connectivity index is 1.24. The number of nitrogens with zero attached hydrogens (tertiary/aromatic N) is 3. The molecular formula is C57H50BN3O. The third kappa shape index (κ3) is 4.99. The van der Waals surface area contributed by atoms with E-state index in [0.717, 1.165) is 39.4 Å². The van der Waals surface area contributed by atoms with Gasteiger partial charge in [0, 0.05) is 33.9 Å². The van der Waals surface area contributed by atoms with Crippen LogP contribution in [0.4, 0.5) is 11.4 Å². The van der Waals surface area contributed by atoms with Crippen molar-refractivity contribution < 1.29 is 0 Å². The third-order valence-electron chi connectivity index (χ3n) is 14.4. The number of rotatable bonds is 5. The second-order valence-corrected chi connectivity index (χ2v) is 19.6. The lowest BCUT2D eigenvalue weighted by Crippen LogP contribution is -2.55. The molecule has 0 atom stereocenters. The summed E-state index contributed by atoms with van der Waals surface area (Å²) < 4.78 is 4.55. The van der Waals surface area contributed by atoms with Crippen LogP contribution in [0.2, 0.25) is 0 Å². The molecule has 2 aliphatic heterocycles. The Morgan fingerprint density at radius 1 is 0.532 bits per heavy atom. The average molecular weight is 804 g/mol. The smallest absolute Gasteiger partial charge is 0.360 e. The van der Waals surface area contributed by atoms with Crippen LogP contribution >= 0.6 is 0 Å². The van der Waals surface area contributed by atoms with E-state index >= 15 is 4.79 Å². The molecule has 0 unspecified atom stereocenters. The fraction of sp³-hybridized carbons (Fsp3) is 0.211. The molecule has 4 nitrogen and oxygen atoms in total. The molecule has 5 heteroatoms. The molecule has 0 amide bonds. The van der Waals surface area contributed by atoms with Crippen LogP contribution in [-0.4, -0.2) is 16.3 Å². The fourth-order valence-electron chi connectivity index (χ4n) is 11.6. The summed E-state index contributed by atoms with van der Waals surface area (Å²) in [4.78, 5) is 18.6. The van der Waals surface area contributed by atoms with E-state index in [1.165, 1.54) is 66.7 Å². The molecule has 62 heavy (non-hydrogen) atoms. The van der Waals surface area contributed by atoms with Gasteiger partial charge in [0.25, 0.3) is 5.56 Å². The number of benzene rings is 7. The first kappa shape index (κ1) is 37.2. The zero-order valence-electron chi connectivity index (χ0n) is 36.6. The number of hydrogen-bond acceptors (Lipinski definition) is 2. The second kappa shape index (κ2) is 13.2. The van der Waals surface area contributed by atoms with Gasteiger partial charge in [0.15, 0.2) is 0 Å². The van der Waals surface area contributed by atoms with Gasteiger partial charge in [0.05, 0.1) is 22.9 Å². The number of fused-ring (bicyclic) bond motifs is 5. The highest BCUT2D eigenvalue weighted by Gasteiger charge is 2.54. The maximum atomic E-state index is 16.1. The van der Waals surface area contributed by atoms with Crippen molar-refractivity contribution in [3.05, 3.63) is 212 Å². The maximum Gasteiger partial charge on any atom is 0.442 e. The number of anilines is 2. The van der Waals surface area contributed by atoms with Crippen LogP contribution in [0.1, 0.15) is 122 Å². The molecule has 0 N–H and O–H groups in total. The SMILES string of the molecule is CC(C)c1cccc(C(C)C)c1-c1cc2c3c(c1)-n1c4c(c(=O)n1B3N(c1ccccc1-c1ccccc1)c1ccc(C(C)(C)C)cc1-2)C1c2ccccc2C4c2ccccc21. The Morgan fingerprint density at radius 3 is 1.74 bits per heavy atom. The zero-order valence-corrected chi connectivity index (χ0v) is 36.6. The van der Waals surface area contributed by atoms with Crippen molar-refractivity contribution in [2.24, 2.45) is 0 Å². The van der Waals surface area contributed by atoms with Crippen LogP contribution in [0.25, 0.3) is 39.1 Å². The van der Waals surface area contributed by atoms with Crippen molar-refractivity contribution in [3.8, 4) is 39.1 Å². The molecule has 3 heterocycles. The lowest BCUT2D eigenvalue weighted by Gasteiger charge is -2.40. The molecule has 0 fully saturated rings. The van der Waals surface area contributed by atoms with E-state index < -0.39 is 6.98 Å². The Labute approximate surface area is 365 Å². The minimum Gasteiger partial charge on any atom is -0.360 e. The van der Waals surface area contributed by atoms with Crippen molar-refractivity contribution in [3.63, 3.8) is 0 Å². The molecule has 302 valence electrons. The van der Waals surface area contributed by atoms with E-state index in [4.69, 9.17) is 0 Å². The van der Waals surface area contributed by atoms with Gasteiger partial charge in [-0.3, -0.25) is 14.1 Å². The van der Waals surface area contributed by atoms with E-state index in [-0.39, 0.29) is 22.8 Å². The van der Waals surface area contributed by atoms with Gasteiger partial charge < -0.3 is 4.81 Å². The summed E-state index contributed by atoms with van der Waals surface area (Å²) in [5, 5.41) is 0. The average Bonchev–Trinajstić information content (AvgIpc) is 3.79. The van der Waals surface area contributed by atoms with E-state index in [1.807, 2.05) is 0 Å². The summed E-state index contributed by atoms with van der Waals surface area (Å²) >= 11 is 0. The maximum absolute atomic E-state index is 16.1. The van der Waals surface area contributed by atoms with Crippen LogP contribution in [-0.2, 0) is 5.41 Å². The minimum atomic E-state index is -0.430. The zero-order chi connectivity index (χ0) is 42.3. The van der Waals surface area contributed by atoms with E-state index in [9.17, 15) is 0 Å². The van der Waals surface area contributed by atoms with Crippen LogP contribution in [0.15, 0.2) is 156 Å². The van der Waals surface area contributed by atoms with Gasteiger partial charge in [-0.25, -0.2) is 0 Å². The van der Waals surface area contributed by atoms with Crippen LogP contribution in [0.3, 0.4) is 0 Å². The van der Waals surface area contributed by atoms with Crippen LogP contribution in [0.5, 0.6) is 0 Å². The first-order valence-electron chi connectivity index (χ1n) is 22.5. The molecular weight excluding hydrogens is 753 g/mol. The minimum absolute atomic E-state index is 0.0736. The van der Waals surface area contributed by atoms with Crippen molar-refractivity contribution in [2.45, 2.75) is 77.6 Å². The first-order chi connectivity index (χ1) is 30.0. The van der Waals surface area contributed by atoms with Gasteiger partial charge in [0.1, 0.15) is 0 Å². The van der Waals surface area contributed by atoms with Crippen molar-refractivity contribution in [1.29, 1.82) is 0 Å². The summed E-state index contributed by atoms with van der Waals surface area (Å²) in [6, 6.07) is 56.1. The molecule has 1 aromatic heterocycles. The van der Waals surface area contributed by atoms with Gasteiger partial charge in [0.2, 0.25) is 0 Å². The first-order valence-corrected chi connectivity index (χ1v) is 22.5. The summed E-state index contributed by atoms with van der Waals surface area (Å²) in [6.45, 7) is 15.7. The Hall–Kier alpha value is -6.59. The highest BCUT2D eigenvalue weighted by Crippen LogP contribution is 2.57. The predicted molar refractivity (Wildman–Crippen MR) is 257 cm³/mol. The standard InChI is InChI=1S/C57H50BN3O/c1-33(2)38-25-17-26-39(34(3)4)50(38)36-30-46-45-32-37(57(5,6)7)28-29-48(45)59(47-27-16-15-20-40(47)35-18-9-8-10-19-35)58-54(46)49(31-36)60-55-52-43-23-13-11-21-41(43)51(53(55)56(62)61(58)60)42-22-12-14-24-44(42)52/h8-34,51-52H,1-7H3.